The predicted octanol–water partition coefficient (Wildman–Crippen LogP) is 2.93. The van der Waals surface area contributed by atoms with Crippen molar-refractivity contribution in [3.63, 3.8) is 0 Å². The summed E-state index contributed by atoms with van der Waals surface area (Å²) >= 11 is 13.0. The number of anilines is 1. The molecule has 1 amide bonds. The number of ether oxygens (including phenoxy) is 2. The molecule has 0 saturated carbocycles. The Bertz CT molecular complexity index is 712. The Kier molecular flexibility index (Phi) is 4.00. The molecule has 0 fully saturated rings. The molecule has 1 N–H and O–H groups in total. The lowest BCUT2D eigenvalue weighted by molar-refractivity contribution is -0.117. The van der Waals surface area contributed by atoms with Crippen molar-refractivity contribution in [2.75, 3.05) is 18.5 Å². The van der Waals surface area contributed by atoms with Crippen LogP contribution in [0, 0.1) is 0 Å². The lowest BCUT2D eigenvalue weighted by Gasteiger charge is -2.13. The van der Waals surface area contributed by atoms with Crippen LogP contribution in [0.5, 0.6) is 0 Å². The van der Waals surface area contributed by atoms with E-state index in [-0.39, 0.29) is 17.7 Å². The van der Waals surface area contributed by atoms with Crippen LogP contribution in [0.2, 0.25) is 8.67 Å². The number of rotatable bonds is 3. The maximum Gasteiger partial charge on any atom is 0.322 e. The Morgan fingerprint density at radius 3 is 2.86 bits per heavy atom. The van der Waals surface area contributed by atoms with E-state index in [1.54, 1.807) is 6.07 Å². The molecule has 0 atom stereocenters. The number of thiophene rings is 1. The van der Waals surface area contributed by atoms with Crippen LogP contribution in [-0.2, 0) is 14.3 Å². The van der Waals surface area contributed by atoms with Gasteiger partial charge in [-0.2, -0.15) is 0 Å². The molecule has 0 spiro atoms. The monoisotopic (exact) mass is 347 g/mol. The Morgan fingerprint density at radius 2 is 2.19 bits per heavy atom. The fraction of sp³-hybridized carbons (Fsp3) is 0.182. The van der Waals surface area contributed by atoms with Crippen molar-refractivity contribution in [1.29, 1.82) is 0 Å². The first-order valence-electron chi connectivity index (χ1n) is 5.68. The fourth-order valence-corrected chi connectivity index (χ4v) is 2.96. The van der Waals surface area contributed by atoms with Crippen LogP contribution in [0.4, 0.5) is 6.01 Å². The van der Waals surface area contributed by atoms with Gasteiger partial charge in [-0.15, -0.1) is 16.4 Å². The van der Waals surface area contributed by atoms with E-state index >= 15 is 0 Å². The third-order valence-corrected chi connectivity index (χ3v) is 3.89. The largest absolute Gasteiger partial charge is 0.494 e. The zero-order chi connectivity index (χ0) is 14.8. The summed E-state index contributed by atoms with van der Waals surface area (Å²) in [5.41, 5.74) is 0.510. The van der Waals surface area contributed by atoms with Gasteiger partial charge in [0.1, 0.15) is 23.8 Å². The Balaban J connectivity index is 1.75. The number of amides is 1. The molecule has 0 aliphatic carbocycles. The molecule has 2 aromatic rings. The van der Waals surface area contributed by atoms with Crippen molar-refractivity contribution < 1.29 is 18.7 Å². The van der Waals surface area contributed by atoms with Gasteiger partial charge in [0.05, 0.1) is 9.90 Å². The van der Waals surface area contributed by atoms with Gasteiger partial charge in [-0.1, -0.05) is 28.3 Å². The van der Waals surface area contributed by atoms with Crippen LogP contribution in [0.15, 0.2) is 22.5 Å². The minimum absolute atomic E-state index is 0.0395. The molecule has 0 radical (unpaired) electrons. The number of hydrogen-bond acceptors (Lipinski definition) is 7. The molecule has 0 saturated heterocycles. The molecular formula is C11H7Cl2N3O4S. The van der Waals surface area contributed by atoms with Gasteiger partial charge in [0.15, 0.2) is 0 Å². The molecule has 10 heteroatoms. The minimum atomic E-state index is -0.542. The van der Waals surface area contributed by atoms with Gasteiger partial charge in [-0.05, 0) is 6.07 Å². The second-order valence-corrected chi connectivity index (χ2v) is 6.09. The summed E-state index contributed by atoms with van der Waals surface area (Å²) in [6.45, 7) is 0.705. The van der Waals surface area contributed by atoms with Crippen LogP contribution >= 0.6 is 34.5 Å². The zero-order valence-electron chi connectivity index (χ0n) is 10.3. The summed E-state index contributed by atoms with van der Waals surface area (Å²) in [7, 11) is 0. The van der Waals surface area contributed by atoms with E-state index in [9.17, 15) is 4.79 Å². The van der Waals surface area contributed by atoms with Gasteiger partial charge in [0.2, 0.25) is 5.76 Å². The van der Waals surface area contributed by atoms with Crippen molar-refractivity contribution in [3.05, 3.63) is 26.8 Å². The van der Waals surface area contributed by atoms with E-state index in [1.807, 2.05) is 0 Å². The maximum absolute atomic E-state index is 11.8. The van der Waals surface area contributed by atoms with Crippen LogP contribution in [0.3, 0.4) is 0 Å². The second-order valence-electron chi connectivity index (χ2n) is 3.81. The molecule has 3 heterocycles. The maximum atomic E-state index is 11.8. The normalized spacial score (nSPS) is 14.1. The van der Waals surface area contributed by atoms with Gasteiger partial charge < -0.3 is 13.9 Å². The molecule has 0 unspecified atom stereocenters. The van der Waals surface area contributed by atoms with Crippen LogP contribution < -0.4 is 5.32 Å². The Morgan fingerprint density at radius 1 is 1.33 bits per heavy atom. The number of nitrogens with zero attached hydrogens (tertiary/aromatic N) is 2. The predicted molar refractivity (Wildman–Crippen MR) is 76.2 cm³/mol. The first-order chi connectivity index (χ1) is 10.1. The van der Waals surface area contributed by atoms with Crippen molar-refractivity contribution in [2.45, 2.75) is 0 Å². The SMILES string of the molecule is O=C(Nc1nnc(-c2cc(Cl)sc2Cl)o1)C1=COCCO1. The van der Waals surface area contributed by atoms with Gasteiger partial charge in [0.25, 0.3) is 11.8 Å². The summed E-state index contributed by atoms with van der Waals surface area (Å²) in [5, 5.41) is 9.91. The number of carbonyl (C=O) groups excluding carboxylic acids is 1. The van der Waals surface area contributed by atoms with Crippen LogP contribution in [-0.4, -0.2) is 29.3 Å². The molecule has 21 heavy (non-hydrogen) atoms. The fourth-order valence-electron chi connectivity index (χ4n) is 1.51. The van der Waals surface area contributed by atoms with Crippen LogP contribution in [0.1, 0.15) is 0 Å². The van der Waals surface area contributed by atoms with Gasteiger partial charge in [-0.25, -0.2) is 0 Å². The summed E-state index contributed by atoms with van der Waals surface area (Å²) in [4.78, 5) is 11.8. The lowest BCUT2D eigenvalue weighted by Crippen LogP contribution is -2.21. The van der Waals surface area contributed by atoms with Crippen molar-refractivity contribution in [3.8, 4) is 11.5 Å². The highest BCUT2D eigenvalue weighted by Gasteiger charge is 2.20. The summed E-state index contributed by atoms with van der Waals surface area (Å²) in [6, 6.07) is 1.53. The number of aromatic nitrogens is 2. The third kappa shape index (κ3) is 3.12. The summed E-state index contributed by atoms with van der Waals surface area (Å²) < 4.78 is 16.3. The molecule has 0 bridgehead atoms. The molecule has 7 nitrogen and oxygen atoms in total. The van der Waals surface area contributed by atoms with Crippen LogP contribution in [0.25, 0.3) is 11.5 Å². The quantitative estimate of drug-likeness (QED) is 0.918. The van der Waals surface area contributed by atoms with Crippen molar-refractivity contribution >= 4 is 46.5 Å². The van der Waals surface area contributed by atoms with Crippen molar-refractivity contribution in [2.24, 2.45) is 0 Å². The Hall–Kier alpha value is -1.77. The molecule has 1 aliphatic heterocycles. The topological polar surface area (TPSA) is 86.5 Å². The standard InChI is InChI=1S/C11H7Cl2N3O4S/c12-7-3-5(8(13)21-7)10-15-16-11(20-10)14-9(17)6-4-18-1-2-19-6/h3-4H,1-2H2,(H,14,16,17). The average molecular weight is 348 g/mol. The lowest BCUT2D eigenvalue weighted by atomic mass is 10.3. The smallest absolute Gasteiger partial charge is 0.322 e. The van der Waals surface area contributed by atoms with Gasteiger partial charge >= 0.3 is 6.01 Å². The Labute approximate surface area is 132 Å². The highest BCUT2D eigenvalue weighted by atomic mass is 35.5. The zero-order valence-corrected chi connectivity index (χ0v) is 12.6. The highest BCUT2D eigenvalue weighted by molar-refractivity contribution is 7.20. The molecular weight excluding hydrogens is 341 g/mol. The van der Waals surface area contributed by atoms with E-state index in [0.717, 1.165) is 0 Å². The molecule has 0 aromatic carbocycles. The number of halogens is 2. The van der Waals surface area contributed by atoms with E-state index in [0.29, 0.717) is 27.4 Å². The molecule has 3 rings (SSSR count). The van der Waals surface area contributed by atoms with Crippen molar-refractivity contribution in [1.82, 2.24) is 10.2 Å². The summed E-state index contributed by atoms with van der Waals surface area (Å²) in [5.74, 6) is -0.342. The minimum Gasteiger partial charge on any atom is -0.494 e. The first kappa shape index (κ1) is 14.2. The molecule has 1 aliphatic rings. The number of hydrogen-bond donors (Lipinski definition) is 1. The highest BCUT2D eigenvalue weighted by Crippen LogP contribution is 2.37. The van der Waals surface area contributed by atoms with E-state index in [1.165, 1.54) is 17.6 Å². The average Bonchev–Trinajstić information content (AvgIpc) is 3.06. The number of carbonyl (C=O) groups is 1. The third-order valence-electron chi connectivity index (χ3n) is 2.41. The first-order valence-corrected chi connectivity index (χ1v) is 7.25. The second kappa shape index (κ2) is 5.92. The summed E-state index contributed by atoms with van der Waals surface area (Å²) in [6.07, 6.45) is 1.23. The number of nitrogens with one attached hydrogen (secondary N) is 1. The van der Waals surface area contributed by atoms with E-state index in [2.05, 4.69) is 15.5 Å². The van der Waals surface area contributed by atoms with E-state index < -0.39 is 5.91 Å². The van der Waals surface area contributed by atoms with Gasteiger partial charge in [-0.3, -0.25) is 10.1 Å². The molecule has 110 valence electrons. The van der Waals surface area contributed by atoms with Gasteiger partial charge in [0, 0.05) is 0 Å². The molecule has 2 aromatic heterocycles. The van der Waals surface area contributed by atoms with E-state index in [4.69, 9.17) is 37.1 Å².